The highest BCUT2D eigenvalue weighted by Crippen LogP contribution is 2.62. The number of rotatable bonds is 3. The fourth-order valence-corrected chi connectivity index (χ4v) is 10.4. The van der Waals surface area contributed by atoms with E-state index >= 15 is 0 Å². The number of fused-ring (bicyclic) bond motifs is 14. The molecule has 0 radical (unpaired) electrons. The molecule has 1 unspecified atom stereocenters. The lowest BCUT2D eigenvalue weighted by Gasteiger charge is -2.43. The van der Waals surface area contributed by atoms with E-state index in [1.54, 1.807) is 6.20 Å². The summed E-state index contributed by atoms with van der Waals surface area (Å²) in [4.78, 5) is 17.3. The van der Waals surface area contributed by atoms with Crippen molar-refractivity contribution >= 4 is 33.7 Å². The van der Waals surface area contributed by atoms with E-state index in [0.29, 0.717) is 5.82 Å². The zero-order valence-corrected chi connectivity index (χ0v) is 31.4. The Bertz CT molecular complexity index is 3170. The van der Waals surface area contributed by atoms with Crippen molar-refractivity contribution in [2.75, 3.05) is 0 Å². The molecule has 10 aromatic rings. The third-order valence-electron chi connectivity index (χ3n) is 11.7. The molecule has 4 nitrogen and oxygen atoms in total. The Morgan fingerprint density at radius 1 is 0.421 bits per heavy atom. The van der Waals surface area contributed by atoms with Gasteiger partial charge in [0.2, 0.25) is 0 Å². The number of hydrogen-bond acceptors (Lipinski definition) is 5. The molecule has 0 amide bonds. The van der Waals surface area contributed by atoms with Gasteiger partial charge in [-0.15, -0.1) is 0 Å². The summed E-state index contributed by atoms with van der Waals surface area (Å²) in [5, 5.41) is 2.26. The topological polar surface area (TPSA) is 51.8 Å². The van der Waals surface area contributed by atoms with Gasteiger partial charge in [0, 0.05) is 49.6 Å². The first-order valence-electron chi connectivity index (χ1n) is 19.2. The summed E-state index contributed by atoms with van der Waals surface area (Å²) < 4.78 is 6.68. The van der Waals surface area contributed by atoms with E-state index in [-0.39, 0.29) is 0 Å². The van der Waals surface area contributed by atoms with Crippen LogP contribution in [0.4, 0.5) is 0 Å². The van der Waals surface area contributed by atoms with E-state index in [9.17, 15) is 0 Å². The molecule has 1 aliphatic carbocycles. The number of pyridine rings is 1. The van der Waals surface area contributed by atoms with Gasteiger partial charge in [-0.2, -0.15) is 0 Å². The van der Waals surface area contributed by atoms with Crippen LogP contribution in [0.2, 0.25) is 0 Å². The number of hydrogen-bond donors (Lipinski definition) is 0. The van der Waals surface area contributed by atoms with Gasteiger partial charge in [-0.1, -0.05) is 139 Å². The third-order valence-corrected chi connectivity index (χ3v) is 12.8. The zero-order chi connectivity index (χ0) is 37.5. The van der Waals surface area contributed by atoms with Gasteiger partial charge in [0.15, 0.2) is 5.82 Å². The van der Waals surface area contributed by atoms with Gasteiger partial charge in [-0.3, -0.25) is 4.98 Å². The highest BCUT2D eigenvalue weighted by molar-refractivity contribution is 7.99. The summed E-state index contributed by atoms with van der Waals surface area (Å²) in [6.45, 7) is 0. The number of nitrogens with zero attached hydrogens (tertiary/aromatic N) is 3. The van der Waals surface area contributed by atoms with Crippen LogP contribution in [0.25, 0.3) is 78.1 Å². The molecule has 4 heterocycles. The first-order valence-corrected chi connectivity index (χ1v) is 20.0. The molecule has 0 bridgehead atoms. The fraction of sp³-hybridized carbons (Fsp3) is 0.0192. The summed E-state index contributed by atoms with van der Waals surface area (Å²) in [7, 11) is 0. The van der Waals surface area contributed by atoms with Crippen LogP contribution in [0.1, 0.15) is 22.3 Å². The lowest BCUT2D eigenvalue weighted by atomic mass is 9.63. The van der Waals surface area contributed by atoms with E-state index in [1.165, 1.54) is 54.3 Å². The fourth-order valence-electron chi connectivity index (χ4n) is 9.20. The highest BCUT2D eigenvalue weighted by Gasteiger charge is 2.48. The first-order chi connectivity index (χ1) is 28.2. The normalized spacial score (nSPS) is 15.0. The first kappa shape index (κ1) is 32.2. The van der Waals surface area contributed by atoms with Crippen molar-refractivity contribution in [1.82, 2.24) is 15.0 Å². The summed E-state index contributed by atoms with van der Waals surface area (Å²) in [6.07, 6.45) is 3.66. The third kappa shape index (κ3) is 4.79. The summed E-state index contributed by atoms with van der Waals surface area (Å²) in [5.74, 6) is 0.671. The van der Waals surface area contributed by atoms with Gasteiger partial charge in [-0.05, 0) is 93.0 Å². The van der Waals surface area contributed by atoms with Crippen LogP contribution in [0, 0.1) is 0 Å². The maximum absolute atomic E-state index is 6.68. The van der Waals surface area contributed by atoms with Gasteiger partial charge in [-0.25, -0.2) is 9.97 Å². The second-order valence-corrected chi connectivity index (χ2v) is 15.8. The molecule has 57 heavy (non-hydrogen) atoms. The van der Waals surface area contributed by atoms with Crippen molar-refractivity contribution in [1.29, 1.82) is 0 Å². The number of aromatic nitrogens is 3. The van der Waals surface area contributed by atoms with Crippen LogP contribution in [0.15, 0.2) is 203 Å². The molecule has 266 valence electrons. The van der Waals surface area contributed by atoms with E-state index in [2.05, 4.69) is 151 Å². The predicted molar refractivity (Wildman–Crippen MR) is 230 cm³/mol. The largest absolute Gasteiger partial charge is 0.456 e. The van der Waals surface area contributed by atoms with Crippen LogP contribution >= 0.6 is 11.8 Å². The minimum atomic E-state index is -0.716. The summed E-state index contributed by atoms with van der Waals surface area (Å²) in [5.41, 5.74) is 15.4. The maximum atomic E-state index is 6.68. The van der Waals surface area contributed by atoms with Crippen molar-refractivity contribution in [3.63, 3.8) is 0 Å². The smallest absolute Gasteiger partial charge is 0.160 e. The van der Waals surface area contributed by atoms with Gasteiger partial charge >= 0.3 is 0 Å². The number of benzene rings is 7. The number of para-hydroxylation sites is 1. The minimum Gasteiger partial charge on any atom is -0.456 e. The lowest BCUT2D eigenvalue weighted by molar-refractivity contribution is 0.660. The average Bonchev–Trinajstić information content (AvgIpc) is 3.60. The highest BCUT2D eigenvalue weighted by atomic mass is 32.2. The van der Waals surface area contributed by atoms with E-state index < -0.39 is 5.41 Å². The summed E-state index contributed by atoms with van der Waals surface area (Å²) >= 11 is 1.85. The molecule has 5 heteroatoms. The average molecular weight is 746 g/mol. The molecule has 2 aliphatic rings. The van der Waals surface area contributed by atoms with E-state index in [0.717, 1.165) is 50.0 Å². The second-order valence-electron chi connectivity index (χ2n) is 14.7. The molecule has 3 aromatic heterocycles. The number of furan rings is 1. The zero-order valence-electron chi connectivity index (χ0n) is 30.6. The Hall–Kier alpha value is -7.08. The van der Waals surface area contributed by atoms with Crippen LogP contribution in [-0.4, -0.2) is 15.0 Å². The van der Waals surface area contributed by atoms with Crippen molar-refractivity contribution in [2.24, 2.45) is 0 Å². The molecule has 7 aromatic carbocycles. The van der Waals surface area contributed by atoms with Crippen LogP contribution < -0.4 is 0 Å². The Morgan fingerprint density at radius 2 is 1.11 bits per heavy atom. The molecule has 1 atom stereocenters. The van der Waals surface area contributed by atoms with Gasteiger partial charge < -0.3 is 4.42 Å². The minimum absolute atomic E-state index is 0.671. The quantitative estimate of drug-likeness (QED) is 0.180. The lowest BCUT2D eigenvalue weighted by Crippen LogP contribution is -2.34. The van der Waals surface area contributed by atoms with Crippen LogP contribution in [-0.2, 0) is 5.41 Å². The Balaban J connectivity index is 1.22. The molecular weight excluding hydrogens is 715 g/mol. The standard InChI is InChI=1S/C52H31N3OS/c1-2-13-32(14-3-1)51-54-45(30-46(55-51)34-15-12-26-53-31-34)33-24-25-38-36-17-5-4-16-35(36)37-18-6-8-20-41(37)52(43(38)27-33)42-21-9-11-23-49(42)57-50-28-40-39-19-7-10-22-47(39)56-48(40)29-44(50)52/h1-31H. The molecule has 1 aliphatic heterocycles. The Kier molecular flexibility index (Phi) is 7.04. The second kappa shape index (κ2) is 12.5. The van der Waals surface area contributed by atoms with E-state index in [1.807, 2.05) is 48.3 Å². The van der Waals surface area contributed by atoms with Crippen molar-refractivity contribution < 1.29 is 4.42 Å². The maximum Gasteiger partial charge on any atom is 0.160 e. The molecule has 1 spiro atoms. The van der Waals surface area contributed by atoms with Crippen LogP contribution in [0.3, 0.4) is 0 Å². The van der Waals surface area contributed by atoms with Gasteiger partial charge in [0.05, 0.1) is 16.8 Å². The molecule has 0 fully saturated rings. The molecule has 0 saturated carbocycles. The van der Waals surface area contributed by atoms with Crippen molar-refractivity contribution in [2.45, 2.75) is 15.2 Å². The SMILES string of the molecule is c1ccc(-c2nc(-c3cccnc3)cc(-c3ccc4c(c3)C3(c5ccccc5Sc5cc6c(cc53)oc3ccccc36)c3ccccc3-c3ccccc3-4)n2)cc1. The Morgan fingerprint density at radius 3 is 1.93 bits per heavy atom. The molecule has 0 saturated heterocycles. The molecule has 0 N–H and O–H groups in total. The molecular formula is C52H31N3OS. The summed E-state index contributed by atoms with van der Waals surface area (Å²) in [6, 6.07) is 63.2. The molecule has 12 rings (SSSR count). The van der Waals surface area contributed by atoms with Crippen molar-refractivity contribution in [3.8, 4) is 56.2 Å². The van der Waals surface area contributed by atoms with Crippen molar-refractivity contribution in [3.05, 3.63) is 211 Å². The Labute approximate surface area is 333 Å². The van der Waals surface area contributed by atoms with Gasteiger partial charge in [0.25, 0.3) is 0 Å². The monoisotopic (exact) mass is 745 g/mol. The predicted octanol–water partition coefficient (Wildman–Crippen LogP) is 13.3. The van der Waals surface area contributed by atoms with Crippen LogP contribution in [0.5, 0.6) is 0 Å². The van der Waals surface area contributed by atoms with Gasteiger partial charge in [0.1, 0.15) is 11.2 Å². The van der Waals surface area contributed by atoms with E-state index in [4.69, 9.17) is 14.4 Å².